The third-order valence-corrected chi connectivity index (χ3v) is 4.10. The Labute approximate surface area is 123 Å². The van der Waals surface area contributed by atoms with Crippen LogP contribution < -0.4 is 0 Å². The lowest BCUT2D eigenvalue weighted by molar-refractivity contribution is 0.323. The Morgan fingerprint density at radius 2 is 2.05 bits per heavy atom. The van der Waals surface area contributed by atoms with Gasteiger partial charge in [0.15, 0.2) is 0 Å². The van der Waals surface area contributed by atoms with E-state index < -0.39 is 0 Å². The van der Waals surface area contributed by atoms with Crippen LogP contribution in [-0.4, -0.2) is 34.1 Å². The first-order valence-electron chi connectivity index (χ1n) is 7.02. The van der Waals surface area contributed by atoms with Crippen molar-refractivity contribution in [3.8, 4) is 6.07 Å². The molecule has 0 N–H and O–H groups in total. The molecule has 1 aliphatic rings. The highest BCUT2D eigenvalue weighted by molar-refractivity contribution is 6.31. The molecule has 2 aromatic rings. The predicted octanol–water partition coefficient (Wildman–Crippen LogP) is 2.85. The van der Waals surface area contributed by atoms with Crippen molar-refractivity contribution in [2.75, 3.05) is 19.6 Å². The lowest BCUT2D eigenvalue weighted by Gasteiger charge is -2.16. The zero-order chi connectivity index (χ0) is 13.9. The molecule has 0 amide bonds. The Bertz CT molecular complexity index is 650. The molecule has 1 fully saturated rings. The Hall–Kier alpha value is -1.57. The second-order valence-corrected chi connectivity index (χ2v) is 5.63. The fraction of sp³-hybridized carbons (Fsp3) is 0.467. The van der Waals surface area contributed by atoms with Gasteiger partial charge >= 0.3 is 0 Å². The van der Waals surface area contributed by atoms with Gasteiger partial charge in [-0.15, -0.1) is 0 Å². The van der Waals surface area contributed by atoms with Crippen LogP contribution in [0.4, 0.5) is 0 Å². The third-order valence-electron chi connectivity index (χ3n) is 3.87. The highest BCUT2D eigenvalue weighted by atomic mass is 35.5. The SMILES string of the molecule is N#CCc1nc2cc(Cl)ccc2n1CCN1CCCC1. The molecule has 0 bridgehead atoms. The van der Waals surface area contributed by atoms with Crippen molar-refractivity contribution < 1.29 is 0 Å². The molecule has 0 atom stereocenters. The summed E-state index contributed by atoms with van der Waals surface area (Å²) in [5, 5.41) is 9.65. The van der Waals surface area contributed by atoms with Crippen LogP contribution in [0.3, 0.4) is 0 Å². The van der Waals surface area contributed by atoms with Gasteiger partial charge in [-0.2, -0.15) is 5.26 Å². The summed E-state index contributed by atoms with van der Waals surface area (Å²) in [6, 6.07) is 7.94. The van der Waals surface area contributed by atoms with Crippen molar-refractivity contribution in [1.82, 2.24) is 14.5 Å². The molecule has 0 radical (unpaired) electrons. The average Bonchev–Trinajstić information content (AvgIpc) is 3.04. The fourth-order valence-corrected chi connectivity index (χ4v) is 3.02. The van der Waals surface area contributed by atoms with Crippen LogP contribution >= 0.6 is 11.6 Å². The molecule has 5 heteroatoms. The number of aromatic nitrogens is 2. The molecule has 1 aromatic heterocycles. The fourth-order valence-electron chi connectivity index (χ4n) is 2.86. The van der Waals surface area contributed by atoms with Crippen molar-refractivity contribution in [3.63, 3.8) is 0 Å². The minimum atomic E-state index is 0.340. The number of rotatable bonds is 4. The van der Waals surface area contributed by atoms with Crippen molar-refractivity contribution in [3.05, 3.63) is 29.0 Å². The van der Waals surface area contributed by atoms with Crippen molar-refractivity contribution in [2.24, 2.45) is 0 Å². The maximum absolute atomic E-state index is 8.96. The first kappa shape index (κ1) is 13.4. The molecule has 0 unspecified atom stereocenters. The molecule has 1 aromatic carbocycles. The standard InChI is InChI=1S/C15H17ClN4/c16-12-3-4-14-13(11-12)18-15(5-6-17)20(14)10-9-19-7-1-2-8-19/h3-4,11H,1-2,5,7-10H2. The Morgan fingerprint density at radius 3 is 2.80 bits per heavy atom. The summed E-state index contributed by atoms with van der Waals surface area (Å²) in [6.45, 7) is 4.28. The third kappa shape index (κ3) is 2.65. The monoisotopic (exact) mass is 288 g/mol. The molecule has 0 aliphatic carbocycles. The van der Waals surface area contributed by atoms with Crippen LogP contribution in [0.1, 0.15) is 18.7 Å². The van der Waals surface area contributed by atoms with Crippen molar-refractivity contribution >= 4 is 22.6 Å². The number of imidazole rings is 1. The van der Waals surface area contributed by atoms with Gasteiger partial charge < -0.3 is 9.47 Å². The summed E-state index contributed by atoms with van der Waals surface area (Å²) in [5.74, 6) is 0.837. The van der Waals surface area contributed by atoms with E-state index in [0.717, 1.165) is 29.9 Å². The zero-order valence-electron chi connectivity index (χ0n) is 11.3. The molecule has 104 valence electrons. The van der Waals surface area contributed by atoms with Crippen LogP contribution in [-0.2, 0) is 13.0 Å². The number of hydrogen-bond donors (Lipinski definition) is 0. The van der Waals surface area contributed by atoms with Crippen LogP contribution in [0.15, 0.2) is 18.2 Å². The highest BCUT2D eigenvalue weighted by Crippen LogP contribution is 2.21. The quantitative estimate of drug-likeness (QED) is 0.869. The molecule has 1 aliphatic heterocycles. The topological polar surface area (TPSA) is 44.9 Å². The summed E-state index contributed by atoms with van der Waals surface area (Å²) < 4.78 is 2.16. The summed E-state index contributed by atoms with van der Waals surface area (Å²) in [6.07, 6.45) is 2.93. The number of nitriles is 1. The van der Waals surface area contributed by atoms with Crippen molar-refractivity contribution in [2.45, 2.75) is 25.8 Å². The molecular weight excluding hydrogens is 272 g/mol. The molecule has 4 nitrogen and oxygen atoms in total. The Kier molecular flexibility index (Phi) is 3.90. The van der Waals surface area contributed by atoms with Gasteiger partial charge in [0.05, 0.1) is 23.5 Å². The molecular formula is C15H17ClN4. The van der Waals surface area contributed by atoms with E-state index in [4.69, 9.17) is 16.9 Å². The maximum Gasteiger partial charge on any atom is 0.124 e. The second kappa shape index (κ2) is 5.82. The summed E-state index contributed by atoms with van der Waals surface area (Å²) in [4.78, 5) is 7.02. The van der Waals surface area contributed by atoms with E-state index in [2.05, 4.69) is 20.5 Å². The molecule has 1 saturated heterocycles. The van der Waals surface area contributed by atoms with Gasteiger partial charge in [-0.05, 0) is 44.1 Å². The lowest BCUT2D eigenvalue weighted by Crippen LogP contribution is -2.24. The molecule has 3 rings (SSSR count). The number of benzene rings is 1. The largest absolute Gasteiger partial charge is 0.326 e. The van der Waals surface area contributed by atoms with Gasteiger partial charge in [-0.25, -0.2) is 4.98 Å². The van der Waals surface area contributed by atoms with Crippen molar-refractivity contribution in [1.29, 1.82) is 5.26 Å². The van der Waals surface area contributed by atoms with Gasteiger partial charge in [0.1, 0.15) is 5.82 Å². The molecule has 0 saturated carbocycles. The number of halogens is 1. The average molecular weight is 289 g/mol. The molecule has 20 heavy (non-hydrogen) atoms. The summed E-state index contributed by atoms with van der Waals surface area (Å²) in [7, 11) is 0. The number of hydrogen-bond acceptors (Lipinski definition) is 3. The van der Waals surface area contributed by atoms with Gasteiger partial charge in [0, 0.05) is 18.1 Å². The van der Waals surface area contributed by atoms with Crippen LogP contribution in [0.25, 0.3) is 11.0 Å². The van der Waals surface area contributed by atoms with E-state index in [9.17, 15) is 0 Å². The van der Waals surface area contributed by atoms with E-state index in [1.807, 2.05) is 18.2 Å². The minimum Gasteiger partial charge on any atom is -0.326 e. The van der Waals surface area contributed by atoms with Crippen LogP contribution in [0.2, 0.25) is 5.02 Å². The van der Waals surface area contributed by atoms with Gasteiger partial charge in [-0.3, -0.25) is 0 Å². The Balaban J connectivity index is 1.89. The van der Waals surface area contributed by atoms with Crippen LogP contribution in [0, 0.1) is 11.3 Å². The summed E-state index contributed by atoms with van der Waals surface area (Å²) >= 11 is 6.02. The lowest BCUT2D eigenvalue weighted by atomic mass is 10.3. The van der Waals surface area contributed by atoms with E-state index in [1.165, 1.54) is 25.9 Å². The van der Waals surface area contributed by atoms with Crippen LogP contribution in [0.5, 0.6) is 0 Å². The first-order valence-corrected chi connectivity index (χ1v) is 7.40. The van der Waals surface area contributed by atoms with E-state index >= 15 is 0 Å². The normalized spacial score (nSPS) is 15.8. The molecule has 0 spiro atoms. The zero-order valence-corrected chi connectivity index (χ0v) is 12.1. The first-order chi connectivity index (χ1) is 9.78. The number of nitrogens with zero attached hydrogens (tertiary/aromatic N) is 4. The Morgan fingerprint density at radius 1 is 1.25 bits per heavy atom. The maximum atomic E-state index is 8.96. The van der Waals surface area contributed by atoms with E-state index in [-0.39, 0.29) is 0 Å². The van der Waals surface area contributed by atoms with Gasteiger partial charge in [-0.1, -0.05) is 11.6 Å². The smallest absolute Gasteiger partial charge is 0.124 e. The number of fused-ring (bicyclic) bond motifs is 1. The number of likely N-dealkylation sites (tertiary alicyclic amines) is 1. The highest BCUT2D eigenvalue weighted by Gasteiger charge is 2.14. The van der Waals surface area contributed by atoms with E-state index in [0.29, 0.717) is 11.4 Å². The predicted molar refractivity (Wildman–Crippen MR) is 79.7 cm³/mol. The second-order valence-electron chi connectivity index (χ2n) is 5.20. The van der Waals surface area contributed by atoms with Gasteiger partial charge in [0.25, 0.3) is 0 Å². The van der Waals surface area contributed by atoms with Gasteiger partial charge in [0.2, 0.25) is 0 Å². The summed E-state index contributed by atoms with van der Waals surface area (Å²) in [5.41, 5.74) is 1.95. The molecule has 2 heterocycles. The minimum absolute atomic E-state index is 0.340. The van der Waals surface area contributed by atoms with E-state index in [1.54, 1.807) is 0 Å².